The highest BCUT2D eigenvalue weighted by Crippen LogP contribution is 2.26. The van der Waals surface area contributed by atoms with E-state index in [1.54, 1.807) is 32.3 Å². The number of benzene rings is 1. The molecule has 0 bridgehead atoms. The van der Waals surface area contributed by atoms with Gasteiger partial charge in [0.2, 0.25) is 0 Å². The molecule has 0 aliphatic carbocycles. The fraction of sp³-hybridized carbons (Fsp3) is 0.304. The third kappa shape index (κ3) is 5.99. The number of ether oxygens (including phenoxy) is 1. The number of fused-ring (bicyclic) bond motifs is 1. The Morgan fingerprint density at radius 2 is 1.94 bits per heavy atom. The number of aryl methyl sites for hydroxylation is 1. The fourth-order valence-electron chi connectivity index (χ4n) is 3.04. The van der Waals surface area contributed by atoms with Crippen molar-refractivity contribution in [2.45, 2.75) is 33.1 Å². The number of halogens is 2. The number of hydrogen-bond acceptors (Lipinski definition) is 5. The summed E-state index contributed by atoms with van der Waals surface area (Å²) in [6, 6.07) is 6.15. The zero-order valence-electron chi connectivity index (χ0n) is 18.0. The van der Waals surface area contributed by atoms with Crippen LogP contribution in [0.4, 0.5) is 4.39 Å². The van der Waals surface area contributed by atoms with E-state index in [0.29, 0.717) is 27.6 Å². The maximum absolute atomic E-state index is 14.1. The minimum Gasteiger partial charge on any atom is -0.381 e. The van der Waals surface area contributed by atoms with Gasteiger partial charge in [-0.15, -0.1) is 0 Å². The molecule has 1 aliphatic heterocycles. The Morgan fingerprint density at radius 1 is 1.16 bits per heavy atom. The van der Waals surface area contributed by atoms with Crippen LogP contribution in [-0.2, 0) is 4.74 Å². The summed E-state index contributed by atoms with van der Waals surface area (Å²) in [5.41, 5.74) is 1.87. The summed E-state index contributed by atoms with van der Waals surface area (Å²) in [7, 11) is 0. The average molecular weight is 458 g/mol. The van der Waals surface area contributed by atoms with Gasteiger partial charge in [-0.1, -0.05) is 11.6 Å². The molecule has 0 unspecified atom stereocenters. The van der Waals surface area contributed by atoms with Crippen molar-refractivity contribution in [2.75, 3.05) is 13.2 Å². The van der Waals surface area contributed by atoms with E-state index in [0.717, 1.165) is 13.2 Å². The Labute approximate surface area is 190 Å². The Hall–Kier alpha value is -3.10. The zero-order valence-corrected chi connectivity index (χ0v) is 18.8. The van der Waals surface area contributed by atoms with E-state index in [-0.39, 0.29) is 11.1 Å². The van der Waals surface area contributed by atoms with Crippen LogP contribution in [0, 0.1) is 19.7 Å². The van der Waals surface area contributed by atoms with Gasteiger partial charge in [-0.3, -0.25) is 19.3 Å². The second kappa shape index (κ2) is 11.5. The van der Waals surface area contributed by atoms with Crippen molar-refractivity contribution in [1.29, 1.82) is 0 Å². The first-order chi connectivity index (χ1) is 15.5. The third-order valence-corrected chi connectivity index (χ3v) is 5.12. The summed E-state index contributed by atoms with van der Waals surface area (Å²) in [6.07, 6.45) is 10.4. The van der Waals surface area contributed by atoms with Gasteiger partial charge < -0.3 is 4.74 Å². The lowest BCUT2D eigenvalue weighted by molar-refractivity contribution is 0.0968. The fourth-order valence-corrected chi connectivity index (χ4v) is 3.20. The highest BCUT2D eigenvalue weighted by molar-refractivity contribution is 6.30. The lowest BCUT2D eigenvalue weighted by Crippen LogP contribution is -2.20. The molecule has 0 radical (unpaired) electrons. The molecule has 0 atom stereocenters. The van der Waals surface area contributed by atoms with Crippen molar-refractivity contribution in [3.05, 3.63) is 81.5 Å². The quantitative estimate of drug-likeness (QED) is 0.445. The molecule has 5 rings (SSSR count). The molecule has 0 spiro atoms. The van der Waals surface area contributed by atoms with Crippen LogP contribution in [0.2, 0.25) is 5.02 Å². The van der Waals surface area contributed by atoms with E-state index in [2.05, 4.69) is 20.2 Å². The van der Waals surface area contributed by atoms with Gasteiger partial charge in [-0.2, -0.15) is 5.10 Å². The molecule has 3 aromatic heterocycles. The molecule has 7 nitrogen and oxygen atoms in total. The summed E-state index contributed by atoms with van der Waals surface area (Å²) in [5.74, 6) is -0.504. The van der Waals surface area contributed by atoms with Gasteiger partial charge in [0.05, 0.1) is 0 Å². The third-order valence-electron chi connectivity index (χ3n) is 4.88. The first-order valence-electron chi connectivity index (χ1n) is 10.3. The predicted octanol–water partition coefficient (Wildman–Crippen LogP) is 4.76. The monoisotopic (exact) mass is 457 g/mol. The zero-order chi connectivity index (χ0) is 22.9. The van der Waals surface area contributed by atoms with E-state index in [9.17, 15) is 9.18 Å². The van der Waals surface area contributed by atoms with Gasteiger partial charge >= 0.3 is 0 Å². The van der Waals surface area contributed by atoms with Gasteiger partial charge in [-0.25, -0.2) is 9.37 Å². The number of aromatic amines is 1. The van der Waals surface area contributed by atoms with Crippen molar-refractivity contribution < 1.29 is 9.13 Å². The molecule has 9 heteroatoms. The molecule has 1 aliphatic rings. The SMILES string of the molecule is C1CCOCC1.Cc1nc2c(-c3ccc(Cl)cc3F)nccn2c(=O)c1C.c1cn[nH]c1. The van der Waals surface area contributed by atoms with E-state index in [4.69, 9.17) is 16.3 Å². The van der Waals surface area contributed by atoms with Crippen LogP contribution in [0.15, 0.2) is 53.8 Å². The molecule has 1 aromatic carbocycles. The van der Waals surface area contributed by atoms with Crippen LogP contribution in [0.5, 0.6) is 0 Å². The van der Waals surface area contributed by atoms with Crippen LogP contribution in [-0.4, -0.2) is 37.8 Å². The van der Waals surface area contributed by atoms with Gasteiger partial charge in [0.25, 0.3) is 5.56 Å². The number of H-pyrrole nitrogens is 1. The van der Waals surface area contributed by atoms with Crippen LogP contribution in [0.3, 0.4) is 0 Å². The minimum absolute atomic E-state index is 0.185. The second-order valence-corrected chi connectivity index (χ2v) is 7.60. The van der Waals surface area contributed by atoms with Crippen molar-refractivity contribution in [3.8, 4) is 11.3 Å². The normalized spacial score (nSPS) is 13.0. The molecule has 168 valence electrons. The van der Waals surface area contributed by atoms with E-state index < -0.39 is 5.82 Å². The lowest BCUT2D eigenvalue weighted by atomic mass is 10.1. The maximum Gasteiger partial charge on any atom is 0.261 e. The largest absolute Gasteiger partial charge is 0.381 e. The standard InChI is InChI=1S/C15H11ClFN3O.C5H10O.C3H4N2/c1-8-9(2)19-14-13(18-5-6-20(14)15(8)21)11-4-3-10(16)7-12(11)17;1-2-4-6-5-3-1;1-2-4-5-3-1/h3-7H,1-2H3;1-5H2;1-3H,(H,4,5). The number of nitrogens with zero attached hydrogens (tertiary/aromatic N) is 4. The molecule has 0 saturated carbocycles. The first-order valence-corrected chi connectivity index (χ1v) is 10.7. The highest BCUT2D eigenvalue weighted by Gasteiger charge is 2.14. The Balaban J connectivity index is 0.000000213. The number of nitrogens with one attached hydrogen (secondary N) is 1. The smallest absolute Gasteiger partial charge is 0.261 e. The number of aromatic nitrogens is 5. The average Bonchev–Trinajstić information content (AvgIpc) is 3.40. The van der Waals surface area contributed by atoms with Crippen molar-refractivity contribution >= 4 is 17.2 Å². The molecule has 4 aromatic rings. The minimum atomic E-state index is -0.504. The van der Waals surface area contributed by atoms with Gasteiger partial charge in [0.15, 0.2) is 5.65 Å². The van der Waals surface area contributed by atoms with E-state index in [1.165, 1.54) is 48.2 Å². The van der Waals surface area contributed by atoms with Crippen molar-refractivity contribution in [3.63, 3.8) is 0 Å². The van der Waals surface area contributed by atoms with Crippen molar-refractivity contribution in [2.24, 2.45) is 0 Å². The Bertz CT molecular complexity index is 1180. The molecule has 1 saturated heterocycles. The van der Waals surface area contributed by atoms with Gasteiger partial charge in [0, 0.05) is 59.8 Å². The Kier molecular flexibility index (Phi) is 8.47. The second-order valence-electron chi connectivity index (χ2n) is 7.16. The molecular formula is C23H25ClFN5O2. The lowest BCUT2D eigenvalue weighted by Gasteiger charge is -2.09. The topological polar surface area (TPSA) is 85.2 Å². The van der Waals surface area contributed by atoms with E-state index >= 15 is 0 Å². The summed E-state index contributed by atoms with van der Waals surface area (Å²) < 4.78 is 20.5. The first kappa shape index (κ1) is 23.6. The van der Waals surface area contributed by atoms with Gasteiger partial charge in [0.1, 0.15) is 11.5 Å². The molecular weight excluding hydrogens is 433 g/mol. The molecule has 1 fully saturated rings. The summed E-state index contributed by atoms with van der Waals surface area (Å²) in [4.78, 5) is 20.8. The molecule has 0 amide bonds. The number of rotatable bonds is 1. The highest BCUT2D eigenvalue weighted by atomic mass is 35.5. The van der Waals surface area contributed by atoms with E-state index in [1.807, 2.05) is 6.07 Å². The van der Waals surface area contributed by atoms with Crippen LogP contribution < -0.4 is 5.56 Å². The number of hydrogen-bond donors (Lipinski definition) is 1. The van der Waals surface area contributed by atoms with Crippen LogP contribution >= 0.6 is 11.6 Å². The predicted molar refractivity (Wildman–Crippen MR) is 122 cm³/mol. The summed E-state index contributed by atoms with van der Waals surface area (Å²) in [6.45, 7) is 5.45. The molecule has 1 N–H and O–H groups in total. The summed E-state index contributed by atoms with van der Waals surface area (Å²) >= 11 is 5.76. The van der Waals surface area contributed by atoms with Gasteiger partial charge in [-0.05, 0) is 57.4 Å². The van der Waals surface area contributed by atoms with Crippen LogP contribution in [0.25, 0.3) is 16.9 Å². The van der Waals surface area contributed by atoms with Crippen molar-refractivity contribution in [1.82, 2.24) is 24.6 Å². The van der Waals surface area contributed by atoms with Crippen LogP contribution in [0.1, 0.15) is 30.5 Å². The molecule has 4 heterocycles. The maximum atomic E-state index is 14.1. The Morgan fingerprint density at radius 3 is 2.47 bits per heavy atom. The summed E-state index contributed by atoms with van der Waals surface area (Å²) in [5, 5.41) is 6.51. The molecule has 32 heavy (non-hydrogen) atoms.